The van der Waals surface area contributed by atoms with Gasteiger partial charge in [0.25, 0.3) is 10.0 Å². The number of piperidine rings is 1. The van der Waals surface area contributed by atoms with Crippen LogP contribution in [-0.2, 0) is 26.1 Å². The maximum absolute atomic E-state index is 13.5. The molecule has 0 spiro atoms. The molecule has 3 aliphatic rings. The molecule has 9 heteroatoms. The van der Waals surface area contributed by atoms with E-state index in [1.165, 1.54) is 29.8 Å². The van der Waals surface area contributed by atoms with E-state index in [9.17, 15) is 13.2 Å². The summed E-state index contributed by atoms with van der Waals surface area (Å²) < 4.78 is 33.9. The molecule has 2 saturated heterocycles. The molecule has 8 nitrogen and oxygen atoms in total. The standard InChI is InChI=1S/C22H34N4O4S/c23-14-17-6-7-24-21(12-17)31(28,29)26-15-19(18-4-2-1-3-5-18)13-20(16-26)22(27)25-8-10-30-11-9-25/h6-7,12,18-20H,1-5,8-11,13-16,23H2. The predicted octanol–water partition coefficient (Wildman–Crippen LogP) is 1.61. The van der Waals surface area contributed by atoms with Gasteiger partial charge in [-0.3, -0.25) is 4.79 Å². The van der Waals surface area contributed by atoms with E-state index < -0.39 is 10.0 Å². The van der Waals surface area contributed by atoms with E-state index in [1.807, 2.05) is 4.90 Å². The van der Waals surface area contributed by atoms with Crippen LogP contribution < -0.4 is 5.73 Å². The lowest BCUT2D eigenvalue weighted by Crippen LogP contribution is -2.52. The Morgan fingerprint density at radius 3 is 2.58 bits per heavy atom. The van der Waals surface area contributed by atoms with Gasteiger partial charge in [0.1, 0.15) is 0 Å². The fourth-order valence-corrected chi connectivity index (χ4v) is 6.83. The summed E-state index contributed by atoms with van der Waals surface area (Å²) in [6.45, 7) is 3.19. The fourth-order valence-electron chi connectivity index (χ4n) is 5.31. The van der Waals surface area contributed by atoms with E-state index in [0.717, 1.165) is 24.8 Å². The Bertz CT molecular complexity index is 866. The summed E-state index contributed by atoms with van der Waals surface area (Å²) in [6.07, 6.45) is 8.14. The van der Waals surface area contributed by atoms with Crippen molar-refractivity contribution in [3.63, 3.8) is 0 Å². The quantitative estimate of drug-likeness (QED) is 0.731. The monoisotopic (exact) mass is 450 g/mol. The number of amides is 1. The van der Waals surface area contributed by atoms with E-state index in [-0.39, 0.29) is 35.9 Å². The number of carbonyl (C=O) groups is 1. The van der Waals surface area contributed by atoms with Crippen molar-refractivity contribution < 1.29 is 17.9 Å². The number of rotatable bonds is 5. The van der Waals surface area contributed by atoms with Crippen LogP contribution in [0, 0.1) is 17.8 Å². The third-order valence-electron chi connectivity index (χ3n) is 7.08. The lowest BCUT2D eigenvalue weighted by molar-refractivity contribution is -0.141. The molecule has 0 radical (unpaired) electrons. The zero-order valence-corrected chi connectivity index (χ0v) is 18.9. The molecule has 4 rings (SSSR count). The van der Waals surface area contributed by atoms with Crippen molar-refractivity contribution in [3.8, 4) is 0 Å². The molecule has 1 aliphatic carbocycles. The molecule has 172 valence electrons. The first-order valence-electron chi connectivity index (χ1n) is 11.5. The van der Waals surface area contributed by atoms with Crippen molar-refractivity contribution >= 4 is 15.9 Å². The lowest BCUT2D eigenvalue weighted by Gasteiger charge is -2.42. The van der Waals surface area contributed by atoms with E-state index in [1.54, 1.807) is 12.1 Å². The molecule has 1 amide bonds. The number of ether oxygens (including phenoxy) is 1. The molecule has 2 atom stereocenters. The van der Waals surface area contributed by atoms with Crippen molar-refractivity contribution in [3.05, 3.63) is 23.9 Å². The number of carbonyl (C=O) groups excluding carboxylic acids is 1. The molecule has 1 aromatic heterocycles. The smallest absolute Gasteiger partial charge is 0.260 e. The topological polar surface area (TPSA) is 106 Å². The van der Waals surface area contributed by atoms with E-state index in [2.05, 4.69) is 4.98 Å². The summed E-state index contributed by atoms with van der Waals surface area (Å²) in [5.74, 6) is 0.436. The van der Waals surface area contributed by atoms with Gasteiger partial charge in [-0.1, -0.05) is 32.1 Å². The number of hydrogen-bond acceptors (Lipinski definition) is 6. The SMILES string of the molecule is NCc1ccnc(S(=O)(=O)N2CC(C(=O)N3CCOCC3)CC(C3CCCCC3)C2)c1. The predicted molar refractivity (Wildman–Crippen MR) is 116 cm³/mol. The van der Waals surface area contributed by atoms with Crippen LogP contribution in [0.5, 0.6) is 0 Å². The summed E-state index contributed by atoms with van der Waals surface area (Å²) in [4.78, 5) is 19.3. The second-order valence-corrected chi connectivity index (χ2v) is 10.9. The van der Waals surface area contributed by atoms with Gasteiger partial charge in [-0.2, -0.15) is 4.31 Å². The van der Waals surface area contributed by atoms with Crippen LogP contribution in [0.2, 0.25) is 0 Å². The third-order valence-corrected chi connectivity index (χ3v) is 8.81. The second-order valence-electron chi connectivity index (χ2n) is 9.06. The largest absolute Gasteiger partial charge is 0.378 e. The minimum Gasteiger partial charge on any atom is -0.378 e. The van der Waals surface area contributed by atoms with Gasteiger partial charge >= 0.3 is 0 Å². The molecule has 1 aromatic rings. The third kappa shape index (κ3) is 5.10. The molecule has 3 heterocycles. The Hall–Kier alpha value is -1.55. The van der Waals surface area contributed by atoms with E-state index in [4.69, 9.17) is 10.5 Å². The minimum atomic E-state index is -3.79. The van der Waals surface area contributed by atoms with Crippen LogP contribution in [0.4, 0.5) is 0 Å². The van der Waals surface area contributed by atoms with Gasteiger partial charge in [-0.15, -0.1) is 0 Å². The van der Waals surface area contributed by atoms with Gasteiger partial charge in [0.05, 0.1) is 19.1 Å². The van der Waals surface area contributed by atoms with Crippen LogP contribution in [0.1, 0.15) is 44.1 Å². The zero-order chi connectivity index (χ0) is 21.8. The van der Waals surface area contributed by atoms with Gasteiger partial charge in [0.2, 0.25) is 5.91 Å². The first kappa shape index (κ1) is 22.6. The number of hydrogen-bond donors (Lipinski definition) is 1. The molecule has 1 saturated carbocycles. The van der Waals surface area contributed by atoms with Gasteiger partial charge in [0.15, 0.2) is 5.03 Å². The molecular formula is C22H34N4O4S. The average molecular weight is 451 g/mol. The van der Waals surface area contributed by atoms with Crippen molar-refractivity contribution in [2.24, 2.45) is 23.5 Å². The first-order valence-corrected chi connectivity index (χ1v) is 12.9. The van der Waals surface area contributed by atoms with Gasteiger partial charge < -0.3 is 15.4 Å². The summed E-state index contributed by atoms with van der Waals surface area (Å²) in [5.41, 5.74) is 6.44. The minimum absolute atomic E-state index is 0.0253. The number of morpholine rings is 1. The average Bonchev–Trinajstić information content (AvgIpc) is 2.84. The second kappa shape index (κ2) is 9.94. The van der Waals surface area contributed by atoms with Crippen molar-refractivity contribution in [2.75, 3.05) is 39.4 Å². The normalized spacial score (nSPS) is 26.7. The highest BCUT2D eigenvalue weighted by Crippen LogP contribution is 2.38. The molecule has 0 aromatic carbocycles. The number of pyridine rings is 1. The van der Waals surface area contributed by atoms with Gasteiger partial charge in [-0.25, -0.2) is 13.4 Å². The fraction of sp³-hybridized carbons (Fsp3) is 0.727. The summed E-state index contributed by atoms with van der Waals surface area (Å²) in [7, 11) is -3.79. The Morgan fingerprint density at radius 2 is 1.87 bits per heavy atom. The van der Waals surface area contributed by atoms with Crippen LogP contribution in [0.15, 0.2) is 23.4 Å². The summed E-state index contributed by atoms with van der Waals surface area (Å²) in [6, 6.07) is 3.28. The molecule has 0 bridgehead atoms. The van der Waals surface area contributed by atoms with Crippen molar-refractivity contribution in [1.29, 1.82) is 0 Å². The summed E-state index contributed by atoms with van der Waals surface area (Å²) >= 11 is 0. The Labute approximate surface area is 185 Å². The van der Waals surface area contributed by atoms with Crippen LogP contribution in [0.25, 0.3) is 0 Å². The first-order chi connectivity index (χ1) is 15.0. The molecule has 3 fully saturated rings. The molecule has 2 aliphatic heterocycles. The number of nitrogens with two attached hydrogens (primary N) is 1. The van der Waals surface area contributed by atoms with Crippen molar-refractivity contribution in [2.45, 2.75) is 50.1 Å². The van der Waals surface area contributed by atoms with Crippen LogP contribution in [-0.4, -0.2) is 67.9 Å². The van der Waals surface area contributed by atoms with Gasteiger partial charge in [0, 0.05) is 38.9 Å². The Kier molecular flexibility index (Phi) is 7.26. The number of sulfonamides is 1. The molecule has 2 unspecified atom stereocenters. The van der Waals surface area contributed by atoms with Crippen LogP contribution >= 0.6 is 0 Å². The van der Waals surface area contributed by atoms with E-state index in [0.29, 0.717) is 38.8 Å². The number of nitrogens with zero attached hydrogens (tertiary/aromatic N) is 3. The number of aromatic nitrogens is 1. The highest BCUT2D eigenvalue weighted by molar-refractivity contribution is 7.89. The maximum Gasteiger partial charge on any atom is 0.260 e. The van der Waals surface area contributed by atoms with Crippen LogP contribution in [0.3, 0.4) is 0 Å². The zero-order valence-electron chi connectivity index (χ0n) is 18.1. The van der Waals surface area contributed by atoms with E-state index >= 15 is 0 Å². The lowest BCUT2D eigenvalue weighted by atomic mass is 9.74. The molecule has 2 N–H and O–H groups in total. The Balaban J connectivity index is 1.59. The summed E-state index contributed by atoms with van der Waals surface area (Å²) in [5, 5.41) is 0.0253. The highest BCUT2D eigenvalue weighted by atomic mass is 32.2. The molecular weight excluding hydrogens is 416 g/mol. The Morgan fingerprint density at radius 1 is 1.13 bits per heavy atom. The maximum atomic E-state index is 13.5. The highest BCUT2D eigenvalue weighted by Gasteiger charge is 2.42. The van der Waals surface area contributed by atoms with Crippen molar-refractivity contribution in [1.82, 2.24) is 14.2 Å². The van der Waals surface area contributed by atoms with Gasteiger partial charge in [-0.05, 0) is 36.0 Å². The molecule has 31 heavy (non-hydrogen) atoms.